The third kappa shape index (κ3) is 5.92. The highest BCUT2D eigenvalue weighted by molar-refractivity contribution is 5.74. The summed E-state index contributed by atoms with van der Waals surface area (Å²) in [5.74, 6) is 2.37. The van der Waals surface area contributed by atoms with Crippen molar-refractivity contribution in [2.45, 2.75) is 70.4 Å². The number of fused-ring (bicyclic) bond motifs is 2. The largest absolute Gasteiger partial charge is 0.507 e. The number of hydrogen-bond donors (Lipinski definition) is 2. The molecule has 10 heteroatoms. The number of rotatable bonds is 8. The molecule has 4 heterocycles. The Morgan fingerprint density at radius 3 is 2.37 bits per heavy atom. The van der Waals surface area contributed by atoms with Gasteiger partial charge in [0.05, 0.1) is 18.0 Å². The molecule has 1 saturated carbocycles. The number of anilines is 3. The number of hydrogen-bond acceptors (Lipinski definition) is 10. The number of para-hydroxylation sites is 1. The first kappa shape index (κ1) is 27.2. The molecule has 1 aliphatic carbocycles. The molecule has 6 rings (SSSR count). The van der Waals surface area contributed by atoms with E-state index in [4.69, 9.17) is 20.4 Å². The molecule has 216 valence electrons. The van der Waals surface area contributed by atoms with E-state index in [9.17, 15) is 9.90 Å². The van der Waals surface area contributed by atoms with Gasteiger partial charge in [0.2, 0.25) is 5.95 Å². The van der Waals surface area contributed by atoms with Crippen LogP contribution in [0.4, 0.5) is 17.5 Å². The molecule has 0 amide bonds. The third-order valence-corrected chi connectivity index (χ3v) is 8.98. The van der Waals surface area contributed by atoms with E-state index in [1.165, 1.54) is 5.56 Å². The number of piperazine rings is 1. The highest BCUT2D eigenvalue weighted by atomic mass is 16.5. The predicted molar refractivity (Wildman–Crippen MR) is 157 cm³/mol. The molecule has 0 radical (unpaired) electrons. The van der Waals surface area contributed by atoms with Crippen molar-refractivity contribution in [1.29, 1.82) is 0 Å². The van der Waals surface area contributed by atoms with Gasteiger partial charge in [-0.3, -0.25) is 4.79 Å². The second-order valence-corrected chi connectivity index (χ2v) is 11.7. The van der Waals surface area contributed by atoms with E-state index in [1.54, 1.807) is 12.1 Å². The zero-order valence-corrected chi connectivity index (χ0v) is 23.7. The number of benzene rings is 1. The third-order valence-electron chi connectivity index (χ3n) is 8.98. The fourth-order valence-corrected chi connectivity index (χ4v) is 6.91. The van der Waals surface area contributed by atoms with Crippen LogP contribution in [0, 0.1) is 11.8 Å². The first-order valence-corrected chi connectivity index (χ1v) is 14.9. The number of aromatic hydroxyl groups is 1. The van der Waals surface area contributed by atoms with Crippen LogP contribution in [0.25, 0.3) is 11.3 Å². The molecule has 3 N–H and O–H groups in total. The van der Waals surface area contributed by atoms with Crippen LogP contribution in [0.5, 0.6) is 5.75 Å². The van der Waals surface area contributed by atoms with Crippen molar-refractivity contribution >= 4 is 23.4 Å². The number of nitrogens with two attached hydrogens (primary N) is 1. The van der Waals surface area contributed by atoms with E-state index in [0.717, 1.165) is 69.7 Å². The zero-order chi connectivity index (χ0) is 28.3. The van der Waals surface area contributed by atoms with Crippen LogP contribution >= 0.6 is 0 Å². The molecule has 41 heavy (non-hydrogen) atoms. The van der Waals surface area contributed by atoms with Gasteiger partial charge < -0.3 is 25.4 Å². The number of carbonyl (C=O) groups is 1. The van der Waals surface area contributed by atoms with Crippen LogP contribution in [-0.2, 0) is 16.0 Å². The maximum atomic E-state index is 11.8. The summed E-state index contributed by atoms with van der Waals surface area (Å²) in [5, 5.41) is 18.8. The highest BCUT2D eigenvalue weighted by Gasteiger charge is 2.42. The number of carbonyl (C=O) groups excluding carboxylic acids is 1. The number of nitrogen functional groups attached to an aromatic ring is 1. The van der Waals surface area contributed by atoms with Crippen LogP contribution in [-0.4, -0.2) is 63.0 Å². The molecule has 3 fully saturated rings. The van der Waals surface area contributed by atoms with Crippen LogP contribution < -0.4 is 15.5 Å². The minimum absolute atomic E-state index is 0.0622. The second-order valence-electron chi connectivity index (χ2n) is 11.7. The predicted octanol–water partition coefficient (Wildman–Crippen LogP) is 4.38. The summed E-state index contributed by atoms with van der Waals surface area (Å²) < 4.78 is 5.13. The molecular weight excluding hydrogens is 518 g/mol. The van der Waals surface area contributed by atoms with E-state index < -0.39 is 0 Å². The van der Waals surface area contributed by atoms with E-state index in [2.05, 4.69) is 20.0 Å². The Morgan fingerprint density at radius 2 is 1.68 bits per heavy atom. The summed E-state index contributed by atoms with van der Waals surface area (Å²) in [7, 11) is 0. The molecule has 2 unspecified atom stereocenters. The molecule has 3 aromatic rings. The number of aromatic nitrogens is 4. The van der Waals surface area contributed by atoms with Gasteiger partial charge in [-0.1, -0.05) is 12.1 Å². The summed E-state index contributed by atoms with van der Waals surface area (Å²) in [6, 6.07) is 9.65. The molecule has 2 bridgehead atoms. The highest BCUT2D eigenvalue weighted by Crippen LogP contribution is 2.38. The lowest BCUT2D eigenvalue weighted by Crippen LogP contribution is -2.54. The SMILES string of the molecule is CCOC(=O)C[C@H]1CC[C@H](Cc2cnc(N3C4CCC3CN(c3cc(-c5ccccc5O)nnc3N)C4)nc2)CC1. The van der Waals surface area contributed by atoms with E-state index in [1.807, 2.05) is 37.5 Å². The van der Waals surface area contributed by atoms with E-state index in [0.29, 0.717) is 41.9 Å². The monoisotopic (exact) mass is 557 g/mol. The Bertz CT molecular complexity index is 1350. The minimum Gasteiger partial charge on any atom is -0.507 e. The van der Waals surface area contributed by atoms with Crippen molar-refractivity contribution < 1.29 is 14.6 Å². The van der Waals surface area contributed by atoms with Crippen molar-refractivity contribution in [3.05, 3.63) is 48.3 Å². The van der Waals surface area contributed by atoms with Gasteiger partial charge in [0, 0.05) is 49.6 Å². The molecule has 0 spiro atoms. The standard InChI is InChI=1S/C31H39N7O3/c1-2-41-29(40)14-21-9-7-20(8-10-21)13-22-16-33-31(34-17-22)38-23-11-12-24(38)19-37(18-23)27-15-26(35-36-30(27)32)25-5-3-4-6-28(25)39/h3-6,15-17,20-21,23-24,39H,2,7-14,18-19H2,1H3,(H2,32,36)/t20-,21-,23?,24?. The summed E-state index contributed by atoms with van der Waals surface area (Å²) in [4.78, 5) is 26.1. The average molecular weight is 558 g/mol. The van der Waals surface area contributed by atoms with Gasteiger partial charge in [0.1, 0.15) is 5.75 Å². The normalized spacial score (nSPS) is 23.9. The van der Waals surface area contributed by atoms with Crippen LogP contribution in [0.15, 0.2) is 42.7 Å². The summed E-state index contributed by atoms with van der Waals surface area (Å²) >= 11 is 0. The Morgan fingerprint density at radius 1 is 1.00 bits per heavy atom. The smallest absolute Gasteiger partial charge is 0.306 e. The lowest BCUT2D eigenvalue weighted by Gasteiger charge is -2.42. The molecule has 3 aliphatic rings. The van der Waals surface area contributed by atoms with E-state index in [-0.39, 0.29) is 23.8 Å². The fraction of sp³-hybridized carbons (Fsp3) is 0.516. The van der Waals surface area contributed by atoms with Crippen molar-refractivity contribution in [2.24, 2.45) is 11.8 Å². The summed E-state index contributed by atoms with van der Waals surface area (Å²) in [5.41, 5.74) is 9.57. The number of phenols is 1. The van der Waals surface area contributed by atoms with Gasteiger partial charge in [0.25, 0.3) is 0 Å². The van der Waals surface area contributed by atoms with Crippen LogP contribution in [0.2, 0.25) is 0 Å². The Kier molecular flexibility index (Phi) is 7.89. The summed E-state index contributed by atoms with van der Waals surface area (Å²) in [6.45, 7) is 3.91. The molecule has 2 aliphatic heterocycles. The molecule has 2 saturated heterocycles. The zero-order valence-electron chi connectivity index (χ0n) is 23.7. The van der Waals surface area contributed by atoms with Crippen molar-refractivity contribution in [3.8, 4) is 17.0 Å². The molecule has 2 aromatic heterocycles. The minimum atomic E-state index is -0.0622. The quantitative estimate of drug-likeness (QED) is 0.385. The molecule has 1 aromatic carbocycles. The van der Waals surface area contributed by atoms with Crippen LogP contribution in [0.3, 0.4) is 0 Å². The molecule has 2 atom stereocenters. The maximum absolute atomic E-state index is 11.8. The van der Waals surface area contributed by atoms with Crippen molar-refractivity contribution in [1.82, 2.24) is 20.2 Å². The number of phenolic OH excluding ortho intramolecular Hbond substituents is 1. The van der Waals surface area contributed by atoms with E-state index >= 15 is 0 Å². The van der Waals surface area contributed by atoms with Gasteiger partial charge in [-0.15, -0.1) is 10.2 Å². The first-order chi connectivity index (χ1) is 20.0. The van der Waals surface area contributed by atoms with Gasteiger partial charge in [-0.25, -0.2) is 9.97 Å². The van der Waals surface area contributed by atoms with Gasteiger partial charge >= 0.3 is 5.97 Å². The number of esters is 1. The van der Waals surface area contributed by atoms with Crippen molar-refractivity contribution in [3.63, 3.8) is 0 Å². The van der Waals surface area contributed by atoms with Gasteiger partial charge in [0.15, 0.2) is 5.82 Å². The molecular formula is C31H39N7O3. The Hall–Kier alpha value is -3.95. The number of ether oxygens (including phenoxy) is 1. The van der Waals surface area contributed by atoms with Gasteiger partial charge in [-0.2, -0.15) is 0 Å². The second kappa shape index (κ2) is 11.9. The lowest BCUT2D eigenvalue weighted by molar-refractivity contribution is -0.144. The first-order valence-electron chi connectivity index (χ1n) is 14.9. The average Bonchev–Trinajstić information content (AvgIpc) is 3.24. The number of nitrogens with zero attached hydrogens (tertiary/aromatic N) is 6. The van der Waals surface area contributed by atoms with Crippen LogP contribution in [0.1, 0.15) is 57.4 Å². The maximum Gasteiger partial charge on any atom is 0.306 e. The molecule has 10 nitrogen and oxygen atoms in total. The summed E-state index contributed by atoms with van der Waals surface area (Å²) in [6.07, 6.45) is 12.1. The lowest BCUT2D eigenvalue weighted by atomic mass is 9.78. The van der Waals surface area contributed by atoms with Crippen molar-refractivity contribution in [2.75, 3.05) is 35.2 Å². The Labute approximate surface area is 241 Å². The Balaban J connectivity index is 1.07. The topological polar surface area (TPSA) is 131 Å². The van der Waals surface area contributed by atoms with Gasteiger partial charge in [-0.05, 0) is 87.5 Å². The fourth-order valence-electron chi connectivity index (χ4n) is 6.91.